The van der Waals surface area contributed by atoms with E-state index in [1.54, 1.807) is 0 Å². The molecule has 5 heteroatoms. The van der Waals surface area contributed by atoms with Gasteiger partial charge in [0.25, 0.3) is 0 Å². The molecule has 2 aliphatic rings. The second kappa shape index (κ2) is 11.9. The molecule has 1 atom stereocenters. The van der Waals surface area contributed by atoms with Gasteiger partial charge in [0.1, 0.15) is 19.0 Å². The summed E-state index contributed by atoms with van der Waals surface area (Å²) in [6, 6.07) is 24.4. The highest BCUT2D eigenvalue weighted by Gasteiger charge is 2.29. The number of hydrogen-bond acceptors (Lipinski definition) is 4. The van der Waals surface area contributed by atoms with Crippen molar-refractivity contribution in [1.82, 2.24) is 14.5 Å². The van der Waals surface area contributed by atoms with Crippen LogP contribution in [-0.2, 0) is 13.1 Å². The lowest BCUT2D eigenvalue weighted by molar-refractivity contribution is 0.135. The molecule has 0 radical (unpaired) electrons. The van der Waals surface area contributed by atoms with Crippen LogP contribution in [0.4, 0.5) is 0 Å². The predicted octanol–water partition coefficient (Wildman–Crippen LogP) is 8.13. The lowest BCUT2D eigenvalue weighted by atomic mass is 9.94. The number of unbranched alkanes of at least 4 members (excludes halogenated alkanes) is 1. The molecule has 3 heterocycles. The summed E-state index contributed by atoms with van der Waals surface area (Å²) < 4.78 is 14.3. The van der Waals surface area contributed by atoms with Gasteiger partial charge in [-0.25, -0.2) is 4.98 Å². The fourth-order valence-electron chi connectivity index (χ4n) is 6.19. The summed E-state index contributed by atoms with van der Waals surface area (Å²) in [5.74, 6) is 2.83. The number of imidazole rings is 1. The number of fused-ring (bicyclic) bond motifs is 1. The Morgan fingerprint density at radius 2 is 1.70 bits per heavy atom. The number of likely N-dealkylation sites (tertiary alicyclic amines) is 1. The second-order valence-electron chi connectivity index (χ2n) is 11.3. The molecule has 4 aromatic rings. The first-order chi connectivity index (χ1) is 19.6. The van der Waals surface area contributed by atoms with Crippen LogP contribution in [0.5, 0.6) is 11.5 Å². The molecule has 208 valence electrons. The first-order valence-corrected chi connectivity index (χ1v) is 15.0. The van der Waals surface area contributed by atoms with Crippen LogP contribution in [0.1, 0.15) is 67.5 Å². The maximum Gasteiger partial charge on any atom is 0.161 e. The number of aryl methyl sites for hydroxylation is 2. The van der Waals surface area contributed by atoms with Gasteiger partial charge in [-0.05, 0) is 62.9 Å². The number of benzene rings is 3. The van der Waals surface area contributed by atoms with E-state index in [9.17, 15) is 0 Å². The molecule has 5 nitrogen and oxygen atoms in total. The van der Waals surface area contributed by atoms with Gasteiger partial charge < -0.3 is 14.0 Å². The van der Waals surface area contributed by atoms with Crippen LogP contribution < -0.4 is 9.47 Å². The van der Waals surface area contributed by atoms with E-state index in [-0.39, 0.29) is 0 Å². The Labute approximate surface area is 238 Å². The molecule has 0 spiro atoms. The fourth-order valence-corrected chi connectivity index (χ4v) is 6.19. The SMILES string of the molecule is CCCCn1c(-c2ccccc2C)nc(-c2ccc(C)cc2)c1CN1CCCCC1c1ccc2c(c1)OCCO2. The van der Waals surface area contributed by atoms with E-state index in [0.29, 0.717) is 19.3 Å². The summed E-state index contributed by atoms with van der Waals surface area (Å²) in [5, 5.41) is 0. The largest absolute Gasteiger partial charge is 0.486 e. The lowest BCUT2D eigenvalue weighted by Gasteiger charge is -2.37. The monoisotopic (exact) mass is 535 g/mol. The molecule has 0 aliphatic carbocycles. The van der Waals surface area contributed by atoms with Crippen molar-refractivity contribution in [1.29, 1.82) is 0 Å². The molecule has 0 amide bonds. The van der Waals surface area contributed by atoms with Crippen molar-refractivity contribution in [2.45, 2.75) is 72.0 Å². The molecule has 0 N–H and O–H groups in total. The van der Waals surface area contributed by atoms with Crippen molar-refractivity contribution in [3.63, 3.8) is 0 Å². The fraction of sp³-hybridized carbons (Fsp3) is 0.400. The van der Waals surface area contributed by atoms with Gasteiger partial charge in [-0.2, -0.15) is 0 Å². The van der Waals surface area contributed by atoms with Crippen LogP contribution in [0, 0.1) is 13.8 Å². The number of rotatable bonds is 8. The number of piperidine rings is 1. The van der Waals surface area contributed by atoms with Crippen LogP contribution in [0.25, 0.3) is 22.6 Å². The minimum atomic E-state index is 0.340. The maximum absolute atomic E-state index is 5.96. The van der Waals surface area contributed by atoms with Crippen LogP contribution in [-0.4, -0.2) is 34.2 Å². The van der Waals surface area contributed by atoms with Gasteiger partial charge in [0.15, 0.2) is 11.5 Å². The van der Waals surface area contributed by atoms with E-state index >= 15 is 0 Å². The zero-order valence-corrected chi connectivity index (χ0v) is 24.2. The van der Waals surface area contributed by atoms with Crippen molar-refractivity contribution in [2.24, 2.45) is 0 Å². The molecule has 40 heavy (non-hydrogen) atoms. The summed E-state index contributed by atoms with van der Waals surface area (Å²) in [6.45, 7) is 10.8. The smallest absolute Gasteiger partial charge is 0.161 e. The third-order valence-corrected chi connectivity index (χ3v) is 8.44. The number of aromatic nitrogens is 2. The van der Waals surface area contributed by atoms with Crippen molar-refractivity contribution >= 4 is 0 Å². The molecule has 2 aliphatic heterocycles. The number of ether oxygens (including phenoxy) is 2. The highest BCUT2D eigenvalue weighted by Crippen LogP contribution is 2.40. The second-order valence-corrected chi connectivity index (χ2v) is 11.3. The van der Waals surface area contributed by atoms with Crippen LogP contribution in [0.2, 0.25) is 0 Å². The van der Waals surface area contributed by atoms with Gasteiger partial charge in [-0.1, -0.05) is 79.9 Å². The van der Waals surface area contributed by atoms with Gasteiger partial charge in [0.05, 0.1) is 11.4 Å². The van der Waals surface area contributed by atoms with Crippen LogP contribution in [0.3, 0.4) is 0 Å². The number of hydrogen-bond donors (Lipinski definition) is 0. The van der Waals surface area contributed by atoms with Crippen molar-refractivity contribution in [3.05, 3.63) is 89.1 Å². The normalized spacial score (nSPS) is 17.2. The van der Waals surface area contributed by atoms with Crippen molar-refractivity contribution in [2.75, 3.05) is 19.8 Å². The zero-order valence-electron chi connectivity index (χ0n) is 24.2. The molecule has 3 aromatic carbocycles. The minimum Gasteiger partial charge on any atom is -0.486 e. The van der Waals surface area contributed by atoms with E-state index in [1.807, 2.05) is 0 Å². The van der Waals surface area contributed by atoms with Gasteiger partial charge >= 0.3 is 0 Å². The maximum atomic E-state index is 5.96. The summed E-state index contributed by atoms with van der Waals surface area (Å²) >= 11 is 0. The van der Waals surface area contributed by atoms with E-state index in [0.717, 1.165) is 61.9 Å². The summed E-state index contributed by atoms with van der Waals surface area (Å²) in [4.78, 5) is 8.09. The third kappa shape index (κ3) is 5.40. The first-order valence-electron chi connectivity index (χ1n) is 15.0. The van der Waals surface area contributed by atoms with Crippen LogP contribution >= 0.6 is 0 Å². The lowest BCUT2D eigenvalue weighted by Crippen LogP contribution is -2.34. The Bertz CT molecular complexity index is 1460. The molecule has 0 bridgehead atoms. The summed E-state index contributed by atoms with van der Waals surface area (Å²) in [6.07, 6.45) is 5.88. The van der Waals surface area contributed by atoms with Crippen molar-refractivity contribution in [3.8, 4) is 34.1 Å². The zero-order chi connectivity index (χ0) is 27.5. The minimum absolute atomic E-state index is 0.340. The molecular formula is C35H41N3O2. The first kappa shape index (κ1) is 26.6. The van der Waals surface area contributed by atoms with Gasteiger partial charge in [0, 0.05) is 30.3 Å². The highest BCUT2D eigenvalue weighted by atomic mass is 16.6. The average Bonchev–Trinajstić information content (AvgIpc) is 3.34. The van der Waals surface area contributed by atoms with E-state index in [2.05, 4.69) is 97.0 Å². The molecule has 1 saturated heterocycles. The quantitative estimate of drug-likeness (QED) is 0.228. The summed E-state index contributed by atoms with van der Waals surface area (Å²) in [7, 11) is 0. The Kier molecular flexibility index (Phi) is 7.92. The van der Waals surface area contributed by atoms with Gasteiger partial charge in [0.2, 0.25) is 0 Å². The van der Waals surface area contributed by atoms with E-state index in [1.165, 1.54) is 46.4 Å². The number of nitrogens with zero attached hydrogens (tertiary/aromatic N) is 3. The Morgan fingerprint density at radius 1 is 0.900 bits per heavy atom. The Morgan fingerprint density at radius 3 is 2.50 bits per heavy atom. The molecule has 0 saturated carbocycles. The highest BCUT2D eigenvalue weighted by molar-refractivity contribution is 5.70. The molecule has 1 aromatic heterocycles. The van der Waals surface area contributed by atoms with E-state index < -0.39 is 0 Å². The molecule has 1 unspecified atom stereocenters. The van der Waals surface area contributed by atoms with Crippen LogP contribution in [0.15, 0.2) is 66.7 Å². The third-order valence-electron chi connectivity index (χ3n) is 8.44. The summed E-state index contributed by atoms with van der Waals surface area (Å²) in [5.41, 5.74) is 8.70. The Balaban J connectivity index is 1.44. The van der Waals surface area contributed by atoms with E-state index in [4.69, 9.17) is 14.5 Å². The van der Waals surface area contributed by atoms with Crippen molar-refractivity contribution < 1.29 is 9.47 Å². The topological polar surface area (TPSA) is 39.5 Å². The predicted molar refractivity (Wildman–Crippen MR) is 162 cm³/mol. The molecule has 1 fully saturated rings. The Hall–Kier alpha value is -3.57. The van der Waals surface area contributed by atoms with Gasteiger partial charge in [-0.3, -0.25) is 4.90 Å². The average molecular weight is 536 g/mol. The standard InChI is InChI=1S/C35H41N3O2/c1-4-5-20-38-31(24-37-19-9-8-12-30(37)28-17-18-32-33(23-28)40-22-21-39-32)34(27-15-13-25(2)14-16-27)36-35(38)29-11-7-6-10-26(29)3/h6-7,10-11,13-18,23,30H,4-5,8-9,12,19-22,24H2,1-3H3. The molecular weight excluding hydrogens is 494 g/mol. The van der Waals surface area contributed by atoms with Gasteiger partial charge in [-0.15, -0.1) is 0 Å². The molecule has 6 rings (SSSR count).